The van der Waals surface area contributed by atoms with Gasteiger partial charge in [0.15, 0.2) is 0 Å². The van der Waals surface area contributed by atoms with Gasteiger partial charge in [-0.2, -0.15) is 0 Å². The molecule has 0 fully saturated rings. The SMILES string of the molecule is Cc1c(Br)ccc(N)c1Cl.Cc1cccc(N)c1Cl. The van der Waals surface area contributed by atoms with Crippen molar-refractivity contribution in [2.24, 2.45) is 0 Å². The summed E-state index contributed by atoms with van der Waals surface area (Å²) in [6, 6.07) is 9.26. The molecule has 0 saturated heterocycles. The Morgan fingerprint density at radius 3 is 1.95 bits per heavy atom. The molecule has 0 aromatic heterocycles. The van der Waals surface area contributed by atoms with Crippen LogP contribution in [0.4, 0.5) is 11.4 Å². The molecule has 19 heavy (non-hydrogen) atoms. The predicted molar refractivity (Wildman–Crippen MR) is 88.9 cm³/mol. The third-order valence-electron chi connectivity index (χ3n) is 2.57. The minimum Gasteiger partial charge on any atom is -0.398 e. The maximum atomic E-state index is 5.83. The zero-order valence-corrected chi connectivity index (χ0v) is 13.8. The van der Waals surface area contributed by atoms with Crippen molar-refractivity contribution < 1.29 is 0 Å². The maximum absolute atomic E-state index is 5.83. The number of nitrogen functional groups attached to an aromatic ring is 2. The third-order valence-corrected chi connectivity index (χ3v) is 4.45. The first-order valence-electron chi connectivity index (χ1n) is 5.55. The first kappa shape index (κ1) is 16.2. The molecule has 0 bridgehead atoms. The van der Waals surface area contributed by atoms with Crippen LogP contribution < -0.4 is 11.5 Å². The normalized spacial score (nSPS) is 9.74. The lowest BCUT2D eigenvalue weighted by Gasteiger charge is -2.02. The lowest BCUT2D eigenvalue weighted by atomic mass is 10.2. The van der Waals surface area contributed by atoms with Crippen LogP contribution >= 0.6 is 39.1 Å². The van der Waals surface area contributed by atoms with E-state index in [1.165, 1.54) is 0 Å². The zero-order chi connectivity index (χ0) is 14.6. The average Bonchev–Trinajstić information content (AvgIpc) is 2.39. The highest BCUT2D eigenvalue weighted by Crippen LogP contribution is 2.28. The van der Waals surface area contributed by atoms with E-state index in [1.54, 1.807) is 12.1 Å². The van der Waals surface area contributed by atoms with Crippen molar-refractivity contribution in [3.8, 4) is 0 Å². The number of hydrogen-bond acceptors (Lipinski definition) is 2. The lowest BCUT2D eigenvalue weighted by molar-refractivity contribution is 1.43. The van der Waals surface area contributed by atoms with Gasteiger partial charge in [-0.15, -0.1) is 0 Å². The van der Waals surface area contributed by atoms with Gasteiger partial charge in [0.25, 0.3) is 0 Å². The summed E-state index contributed by atoms with van der Waals surface area (Å²) < 4.78 is 0.992. The molecule has 0 radical (unpaired) electrons. The van der Waals surface area contributed by atoms with E-state index in [4.69, 9.17) is 34.7 Å². The fraction of sp³-hybridized carbons (Fsp3) is 0.143. The van der Waals surface area contributed by atoms with Crippen molar-refractivity contribution in [1.29, 1.82) is 0 Å². The summed E-state index contributed by atoms with van der Waals surface area (Å²) in [5.74, 6) is 0. The van der Waals surface area contributed by atoms with Crippen molar-refractivity contribution >= 4 is 50.5 Å². The molecule has 2 aromatic carbocycles. The first-order valence-corrected chi connectivity index (χ1v) is 7.10. The van der Waals surface area contributed by atoms with Crippen molar-refractivity contribution in [3.63, 3.8) is 0 Å². The molecular weight excluding hydrogens is 347 g/mol. The van der Waals surface area contributed by atoms with Crippen molar-refractivity contribution in [2.45, 2.75) is 13.8 Å². The fourth-order valence-corrected chi connectivity index (χ4v) is 2.09. The molecule has 0 aliphatic rings. The summed E-state index contributed by atoms with van der Waals surface area (Å²) in [5.41, 5.74) is 14.3. The van der Waals surface area contributed by atoms with Gasteiger partial charge >= 0.3 is 0 Å². The van der Waals surface area contributed by atoms with Gasteiger partial charge in [0.05, 0.1) is 21.4 Å². The van der Waals surface area contributed by atoms with Crippen molar-refractivity contribution in [3.05, 3.63) is 56.0 Å². The second-order valence-corrected chi connectivity index (χ2v) is 5.66. The van der Waals surface area contributed by atoms with E-state index in [2.05, 4.69) is 15.9 Å². The van der Waals surface area contributed by atoms with Gasteiger partial charge in [-0.05, 0) is 43.2 Å². The number of nitrogens with two attached hydrogens (primary N) is 2. The summed E-state index contributed by atoms with van der Waals surface area (Å²) in [5, 5.41) is 1.30. The summed E-state index contributed by atoms with van der Waals surface area (Å²) in [4.78, 5) is 0. The molecule has 0 spiro atoms. The smallest absolute Gasteiger partial charge is 0.0675 e. The molecule has 0 heterocycles. The van der Waals surface area contributed by atoms with Gasteiger partial charge in [-0.25, -0.2) is 0 Å². The van der Waals surface area contributed by atoms with Gasteiger partial charge in [0, 0.05) is 4.47 Å². The van der Waals surface area contributed by atoms with Gasteiger partial charge in [-0.1, -0.05) is 51.3 Å². The van der Waals surface area contributed by atoms with E-state index in [1.807, 2.05) is 32.0 Å². The van der Waals surface area contributed by atoms with Crippen LogP contribution in [0.2, 0.25) is 10.0 Å². The topological polar surface area (TPSA) is 52.0 Å². The number of anilines is 2. The summed E-state index contributed by atoms with van der Waals surface area (Å²) in [6.07, 6.45) is 0. The molecule has 0 aliphatic heterocycles. The molecule has 0 saturated carbocycles. The average molecular weight is 362 g/mol. The predicted octanol–water partition coefficient (Wildman–Crippen LogP) is 5.22. The molecule has 0 atom stereocenters. The second kappa shape index (κ2) is 7.04. The molecule has 102 valence electrons. The van der Waals surface area contributed by atoms with Gasteiger partial charge in [-0.3, -0.25) is 0 Å². The van der Waals surface area contributed by atoms with E-state index >= 15 is 0 Å². The molecule has 0 amide bonds. The third kappa shape index (κ3) is 4.30. The highest BCUT2D eigenvalue weighted by Gasteiger charge is 2.01. The van der Waals surface area contributed by atoms with Crippen LogP contribution in [0.3, 0.4) is 0 Å². The van der Waals surface area contributed by atoms with Crippen LogP contribution in [0.25, 0.3) is 0 Å². The Morgan fingerprint density at radius 2 is 1.47 bits per heavy atom. The Hall–Kier alpha value is -0.900. The largest absolute Gasteiger partial charge is 0.398 e. The van der Waals surface area contributed by atoms with E-state index < -0.39 is 0 Å². The quantitative estimate of drug-likeness (QED) is 0.631. The Morgan fingerprint density at radius 1 is 0.895 bits per heavy atom. The number of aryl methyl sites for hydroxylation is 1. The van der Waals surface area contributed by atoms with Crippen LogP contribution in [0.1, 0.15) is 11.1 Å². The molecule has 2 nitrogen and oxygen atoms in total. The Labute approximate surface area is 131 Å². The molecule has 2 aromatic rings. The number of benzene rings is 2. The van der Waals surface area contributed by atoms with Gasteiger partial charge in [0.1, 0.15) is 0 Å². The summed E-state index contributed by atoms with van der Waals surface area (Å²) in [6.45, 7) is 3.85. The molecule has 4 N–H and O–H groups in total. The Balaban J connectivity index is 0.000000191. The Kier molecular flexibility index (Phi) is 5.98. The zero-order valence-electron chi connectivity index (χ0n) is 10.7. The van der Waals surface area contributed by atoms with Crippen LogP contribution in [0.5, 0.6) is 0 Å². The number of rotatable bonds is 0. The number of halogens is 3. The number of hydrogen-bond donors (Lipinski definition) is 2. The Bertz CT molecular complexity index is 539. The molecule has 2 rings (SSSR count). The van der Waals surface area contributed by atoms with Gasteiger partial charge in [0.2, 0.25) is 0 Å². The van der Waals surface area contributed by atoms with Crippen LogP contribution in [0, 0.1) is 13.8 Å². The summed E-state index contributed by atoms with van der Waals surface area (Å²) >= 11 is 14.9. The highest BCUT2D eigenvalue weighted by molar-refractivity contribution is 9.10. The van der Waals surface area contributed by atoms with E-state index in [0.29, 0.717) is 21.4 Å². The fourth-order valence-electron chi connectivity index (χ4n) is 1.35. The van der Waals surface area contributed by atoms with Gasteiger partial charge < -0.3 is 11.5 Å². The van der Waals surface area contributed by atoms with Crippen molar-refractivity contribution in [2.75, 3.05) is 11.5 Å². The lowest BCUT2D eigenvalue weighted by Crippen LogP contribution is -1.88. The molecule has 0 aliphatic carbocycles. The monoisotopic (exact) mass is 360 g/mol. The van der Waals surface area contributed by atoms with Crippen LogP contribution in [0.15, 0.2) is 34.8 Å². The first-order chi connectivity index (χ1) is 8.84. The minimum atomic E-state index is 0.627. The van der Waals surface area contributed by atoms with Crippen LogP contribution in [-0.4, -0.2) is 0 Å². The molecular formula is C14H15BrCl2N2. The van der Waals surface area contributed by atoms with E-state index in [-0.39, 0.29) is 0 Å². The second-order valence-electron chi connectivity index (χ2n) is 4.05. The van der Waals surface area contributed by atoms with E-state index in [0.717, 1.165) is 15.6 Å². The standard InChI is InChI=1S/C7H7BrClN.C7H8ClN/c1-4-5(8)2-3-6(10)7(4)9;1-5-3-2-4-6(9)7(5)8/h2-3H,10H2,1H3;2-4H,9H2,1H3. The summed E-state index contributed by atoms with van der Waals surface area (Å²) in [7, 11) is 0. The van der Waals surface area contributed by atoms with Crippen LogP contribution in [-0.2, 0) is 0 Å². The van der Waals surface area contributed by atoms with E-state index in [9.17, 15) is 0 Å². The molecule has 5 heteroatoms. The highest BCUT2D eigenvalue weighted by atomic mass is 79.9. The maximum Gasteiger partial charge on any atom is 0.0675 e. The van der Waals surface area contributed by atoms with Crippen molar-refractivity contribution in [1.82, 2.24) is 0 Å². The molecule has 0 unspecified atom stereocenters. The minimum absolute atomic E-state index is 0.627.